The van der Waals surface area contributed by atoms with Crippen molar-refractivity contribution in [3.63, 3.8) is 0 Å². The molecule has 0 aromatic carbocycles. The van der Waals surface area contributed by atoms with Crippen molar-refractivity contribution in [3.05, 3.63) is 11.7 Å². The Balaban J connectivity index is 1.75. The third-order valence-corrected chi connectivity index (χ3v) is 3.55. The number of ether oxygens (including phenoxy) is 1. The maximum absolute atomic E-state index is 5.26. The summed E-state index contributed by atoms with van der Waals surface area (Å²) >= 11 is 0. The van der Waals surface area contributed by atoms with Gasteiger partial charge in [0.1, 0.15) is 0 Å². The Labute approximate surface area is 108 Å². The Morgan fingerprint density at radius 1 is 1.56 bits per heavy atom. The lowest BCUT2D eigenvalue weighted by atomic mass is 9.95. The molecule has 2 rings (SSSR count). The van der Waals surface area contributed by atoms with Gasteiger partial charge in [-0.3, -0.25) is 0 Å². The zero-order valence-corrected chi connectivity index (χ0v) is 11.3. The predicted molar refractivity (Wildman–Crippen MR) is 68.4 cm³/mol. The summed E-state index contributed by atoms with van der Waals surface area (Å²) in [5.41, 5.74) is 0. The van der Waals surface area contributed by atoms with Crippen molar-refractivity contribution >= 4 is 0 Å². The van der Waals surface area contributed by atoms with Gasteiger partial charge in [-0.2, -0.15) is 4.98 Å². The Bertz CT molecular complexity index is 348. The van der Waals surface area contributed by atoms with Crippen LogP contribution in [0.3, 0.4) is 0 Å². The molecule has 0 aliphatic carbocycles. The van der Waals surface area contributed by atoms with Crippen molar-refractivity contribution in [2.45, 2.75) is 45.1 Å². The summed E-state index contributed by atoms with van der Waals surface area (Å²) in [5.74, 6) is 2.27. The minimum Gasteiger partial charge on any atom is -0.381 e. The van der Waals surface area contributed by atoms with Crippen molar-refractivity contribution in [1.29, 1.82) is 0 Å². The van der Waals surface area contributed by atoms with Gasteiger partial charge in [-0.1, -0.05) is 5.16 Å². The molecule has 1 N–H and O–H groups in total. The number of nitrogens with zero attached hydrogens (tertiary/aromatic N) is 2. The van der Waals surface area contributed by atoms with Gasteiger partial charge >= 0.3 is 0 Å². The van der Waals surface area contributed by atoms with Crippen LogP contribution in [-0.4, -0.2) is 36.4 Å². The number of hydrogen-bond acceptors (Lipinski definition) is 5. The second-order valence-electron chi connectivity index (χ2n) is 5.11. The van der Waals surface area contributed by atoms with Crippen LogP contribution in [0.1, 0.15) is 37.9 Å². The Kier molecular flexibility index (Phi) is 5.13. The largest absolute Gasteiger partial charge is 0.381 e. The predicted octanol–water partition coefficient (Wildman–Crippen LogP) is 1.58. The summed E-state index contributed by atoms with van der Waals surface area (Å²) in [4.78, 5) is 4.40. The second-order valence-corrected chi connectivity index (χ2v) is 5.11. The van der Waals surface area contributed by atoms with Crippen LogP contribution in [0.2, 0.25) is 0 Å². The van der Waals surface area contributed by atoms with E-state index in [1.54, 1.807) is 7.11 Å². The molecule has 2 atom stereocenters. The zero-order valence-electron chi connectivity index (χ0n) is 11.3. The number of hydrogen-bond donors (Lipinski definition) is 1. The van der Waals surface area contributed by atoms with E-state index in [0.717, 1.165) is 43.6 Å². The monoisotopic (exact) mass is 253 g/mol. The topological polar surface area (TPSA) is 60.2 Å². The summed E-state index contributed by atoms with van der Waals surface area (Å²) in [7, 11) is 1.70. The molecule has 0 radical (unpaired) electrons. The number of aryl methyl sites for hydroxylation is 1. The van der Waals surface area contributed by atoms with E-state index in [2.05, 4.69) is 15.5 Å². The van der Waals surface area contributed by atoms with Gasteiger partial charge in [0, 0.05) is 20.0 Å². The van der Waals surface area contributed by atoms with Gasteiger partial charge in [-0.25, -0.2) is 0 Å². The van der Waals surface area contributed by atoms with Crippen LogP contribution < -0.4 is 5.32 Å². The minimum absolute atomic E-state index is 0.137. The number of piperidine rings is 1. The van der Waals surface area contributed by atoms with Crippen LogP contribution in [0.4, 0.5) is 0 Å². The van der Waals surface area contributed by atoms with Crippen molar-refractivity contribution < 1.29 is 9.26 Å². The fourth-order valence-corrected chi connectivity index (χ4v) is 2.31. The third kappa shape index (κ3) is 4.07. The summed E-state index contributed by atoms with van der Waals surface area (Å²) in [6, 6.07) is 0. The van der Waals surface area contributed by atoms with Gasteiger partial charge in [-0.05, 0) is 45.2 Å². The van der Waals surface area contributed by atoms with E-state index in [-0.39, 0.29) is 6.10 Å². The standard InChI is InChI=1S/C13H23N3O2/c1-10(17-2)8-12-15-13(18-16-12)6-5-11-4-3-7-14-9-11/h10-11,14H,3-9H2,1-2H3. The fraction of sp³-hybridized carbons (Fsp3) is 0.846. The molecule has 2 unspecified atom stereocenters. The highest BCUT2D eigenvalue weighted by Gasteiger charge is 2.15. The number of rotatable bonds is 6. The van der Waals surface area contributed by atoms with E-state index in [1.807, 2.05) is 6.92 Å². The maximum Gasteiger partial charge on any atom is 0.226 e. The molecular weight excluding hydrogens is 230 g/mol. The molecule has 102 valence electrons. The van der Waals surface area contributed by atoms with E-state index in [9.17, 15) is 0 Å². The van der Waals surface area contributed by atoms with Gasteiger partial charge in [0.2, 0.25) is 5.89 Å². The second kappa shape index (κ2) is 6.85. The highest BCUT2D eigenvalue weighted by atomic mass is 16.5. The fourth-order valence-electron chi connectivity index (χ4n) is 2.31. The molecule has 5 heteroatoms. The van der Waals surface area contributed by atoms with Gasteiger partial charge in [0.05, 0.1) is 6.10 Å². The molecule has 1 aromatic heterocycles. The van der Waals surface area contributed by atoms with Crippen molar-refractivity contribution in [1.82, 2.24) is 15.5 Å². The van der Waals surface area contributed by atoms with E-state index in [1.165, 1.54) is 12.8 Å². The van der Waals surface area contributed by atoms with Crippen LogP contribution >= 0.6 is 0 Å². The highest BCUT2D eigenvalue weighted by Crippen LogP contribution is 2.16. The van der Waals surface area contributed by atoms with Crippen LogP contribution in [0.15, 0.2) is 4.52 Å². The lowest BCUT2D eigenvalue weighted by Crippen LogP contribution is -2.29. The average Bonchev–Trinajstić information content (AvgIpc) is 2.85. The molecule has 1 aliphatic rings. The Hall–Kier alpha value is -0.940. The first kappa shape index (κ1) is 13.5. The Morgan fingerprint density at radius 3 is 3.17 bits per heavy atom. The minimum atomic E-state index is 0.137. The molecule has 0 saturated carbocycles. The molecule has 1 aliphatic heterocycles. The zero-order chi connectivity index (χ0) is 12.8. The normalized spacial score (nSPS) is 22.0. The molecular formula is C13H23N3O2. The molecule has 1 aromatic rings. The Morgan fingerprint density at radius 2 is 2.44 bits per heavy atom. The SMILES string of the molecule is COC(C)Cc1noc(CCC2CCCNC2)n1. The van der Waals surface area contributed by atoms with Gasteiger partial charge in [0.25, 0.3) is 0 Å². The molecule has 18 heavy (non-hydrogen) atoms. The van der Waals surface area contributed by atoms with E-state index in [4.69, 9.17) is 9.26 Å². The molecule has 0 spiro atoms. The maximum atomic E-state index is 5.26. The summed E-state index contributed by atoms with van der Waals surface area (Å²) in [6.45, 7) is 4.29. The smallest absolute Gasteiger partial charge is 0.226 e. The number of nitrogens with one attached hydrogen (secondary N) is 1. The van der Waals surface area contributed by atoms with Crippen molar-refractivity contribution in [2.24, 2.45) is 5.92 Å². The molecule has 0 bridgehead atoms. The molecule has 2 heterocycles. The third-order valence-electron chi connectivity index (χ3n) is 3.55. The molecule has 1 fully saturated rings. The lowest BCUT2D eigenvalue weighted by molar-refractivity contribution is 0.116. The van der Waals surface area contributed by atoms with Crippen LogP contribution in [0.25, 0.3) is 0 Å². The number of aromatic nitrogens is 2. The average molecular weight is 253 g/mol. The lowest BCUT2D eigenvalue weighted by Gasteiger charge is -2.21. The molecule has 0 amide bonds. The summed E-state index contributed by atoms with van der Waals surface area (Å²) < 4.78 is 10.5. The first-order valence-electron chi connectivity index (χ1n) is 6.83. The van der Waals surface area contributed by atoms with Gasteiger partial charge < -0.3 is 14.6 Å². The first-order chi connectivity index (χ1) is 8.78. The molecule has 5 nitrogen and oxygen atoms in total. The first-order valence-corrected chi connectivity index (χ1v) is 6.83. The molecule has 1 saturated heterocycles. The van der Waals surface area contributed by atoms with Gasteiger partial charge in [0.15, 0.2) is 5.82 Å². The van der Waals surface area contributed by atoms with E-state index in [0.29, 0.717) is 6.42 Å². The van der Waals surface area contributed by atoms with Crippen LogP contribution in [0.5, 0.6) is 0 Å². The summed E-state index contributed by atoms with van der Waals surface area (Å²) in [6.07, 6.45) is 5.47. The van der Waals surface area contributed by atoms with Crippen LogP contribution in [0, 0.1) is 5.92 Å². The summed E-state index contributed by atoms with van der Waals surface area (Å²) in [5, 5.41) is 7.41. The highest BCUT2D eigenvalue weighted by molar-refractivity contribution is 4.89. The van der Waals surface area contributed by atoms with Crippen molar-refractivity contribution in [2.75, 3.05) is 20.2 Å². The van der Waals surface area contributed by atoms with Gasteiger partial charge in [-0.15, -0.1) is 0 Å². The van der Waals surface area contributed by atoms with Crippen molar-refractivity contribution in [3.8, 4) is 0 Å². The van der Waals surface area contributed by atoms with E-state index >= 15 is 0 Å². The van der Waals surface area contributed by atoms with E-state index < -0.39 is 0 Å². The van der Waals surface area contributed by atoms with Crippen LogP contribution in [-0.2, 0) is 17.6 Å². The quantitative estimate of drug-likeness (QED) is 0.834. The number of methoxy groups -OCH3 is 1.